The van der Waals surface area contributed by atoms with Crippen LogP contribution in [0.15, 0.2) is 12.3 Å². The summed E-state index contributed by atoms with van der Waals surface area (Å²) in [6.45, 7) is 3.79. The van der Waals surface area contributed by atoms with Gasteiger partial charge in [0.2, 0.25) is 5.88 Å². The second-order valence-corrected chi connectivity index (χ2v) is 4.21. The summed E-state index contributed by atoms with van der Waals surface area (Å²) in [5.41, 5.74) is 7.89. The molecule has 0 unspecified atom stereocenters. The van der Waals surface area contributed by atoms with Gasteiger partial charge in [0.25, 0.3) is 0 Å². The van der Waals surface area contributed by atoms with Crippen molar-refractivity contribution in [3.05, 3.63) is 28.7 Å². The van der Waals surface area contributed by atoms with Crippen LogP contribution in [0.4, 0.5) is 5.69 Å². The number of hydrogen-bond donors (Lipinski definition) is 1. The molecule has 0 spiro atoms. The van der Waals surface area contributed by atoms with Gasteiger partial charge in [-0.25, -0.2) is 4.98 Å². The van der Waals surface area contributed by atoms with E-state index in [1.807, 2.05) is 20.9 Å². The van der Waals surface area contributed by atoms with Crippen LogP contribution in [0.3, 0.4) is 0 Å². The van der Waals surface area contributed by atoms with Crippen molar-refractivity contribution in [1.82, 2.24) is 14.8 Å². The third-order valence-corrected chi connectivity index (χ3v) is 2.69. The molecule has 0 bridgehead atoms. The Labute approximate surface area is 104 Å². The number of ether oxygens (including phenoxy) is 1. The number of halogens is 1. The number of rotatable bonds is 2. The number of aryl methyl sites for hydroxylation is 2. The molecule has 6 heteroatoms. The molecule has 5 nitrogen and oxygen atoms in total. The number of nitrogens with two attached hydrogens (primary N) is 1. The summed E-state index contributed by atoms with van der Waals surface area (Å²) in [5, 5.41) is 4.73. The molecule has 0 fully saturated rings. The molecule has 0 aliphatic rings. The van der Waals surface area contributed by atoms with E-state index in [9.17, 15) is 0 Å². The molecule has 17 heavy (non-hydrogen) atoms. The first-order chi connectivity index (χ1) is 7.99. The molecule has 2 aromatic heterocycles. The van der Waals surface area contributed by atoms with Crippen LogP contribution in [0.5, 0.6) is 11.6 Å². The lowest BCUT2D eigenvalue weighted by Gasteiger charge is -2.07. The molecule has 0 aliphatic carbocycles. The molecule has 0 aliphatic heterocycles. The van der Waals surface area contributed by atoms with Crippen molar-refractivity contribution in [2.75, 3.05) is 5.73 Å². The van der Waals surface area contributed by atoms with E-state index in [0.29, 0.717) is 22.3 Å². The highest BCUT2D eigenvalue weighted by atomic mass is 35.5. The van der Waals surface area contributed by atoms with Gasteiger partial charge in [-0.05, 0) is 19.9 Å². The maximum Gasteiger partial charge on any atom is 0.242 e. The van der Waals surface area contributed by atoms with Gasteiger partial charge in [0, 0.05) is 13.2 Å². The summed E-state index contributed by atoms with van der Waals surface area (Å²) in [6.07, 6.45) is 1.49. The van der Waals surface area contributed by atoms with Crippen LogP contribution in [0.2, 0.25) is 5.02 Å². The van der Waals surface area contributed by atoms with Gasteiger partial charge in [-0.2, -0.15) is 5.10 Å². The Balaban J connectivity index is 2.38. The van der Waals surface area contributed by atoms with Crippen LogP contribution in [0, 0.1) is 13.8 Å². The van der Waals surface area contributed by atoms with Crippen LogP contribution in [0.1, 0.15) is 11.4 Å². The Kier molecular flexibility index (Phi) is 2.93. The number of nitrogen functional groups attached to an aromatic ring is 1. The molecular formula is C11H13ClN4O. The quantitative estimate of drug-likeness (QED) is 0.892. The summed E-state index contributed by atoms with van der Waals surface area (Å²) in [7, 11) is 1.86. The van der Waals surface area contributed by atoms with Gasteiger partial charge in [0.15, 0.2) is 5.75 Å². The first-order valence-electron chi connectivity index (χ1n) is 5.08. The maximum absolute atomic E-state index is 5.78. The van der Waals surface area contributed by atoms with Gasteiger partial charge in [-0.15, -0.1) is 0 Å². The highest BCUT2D eigenvalue weighted by molar-refractivity contribution is 6.30. The van der Waals surface area contributed by atoms with E-state index in [0.717, 1.165) is 11.4 Å². The van der Waals surface area contributed by atoms with Gasteiger partial charge >= 0.3 is 0 Å². The molecule has 2 rings (SSSR count). The predicted octanol–water partition coefficient (Wildman–Crippen LogP) is 2.46. The first kappa shape index (κ1) is 11.7. The molecule has 90 valence electrons. The first-order valence-corrected chi connectivity index (χ1v) is 5.46. The van der Waals surface area contributed by atoms with Crippen molar-refractivity contribution in [1.29, 1.82) is 0 Å². The van der Waals surface area contributed by atoms with Crippen LogP contribution < -0.4 is 10.5 Å². The minimum Gasteiger partial charge on any atom is -0.433 e. The fourth-order valence-corrected chi connectivity index (χ4v) is 1.69. The van der Waals surface area contributed by atoms with Gasteiger partial charge in [-0.1, -0.05) is 11.6 Å². The molecule has 0 radical (unpaired) electrons. The summed E-state index contributed by atoms with van der Waals surface area (Å²) < 4.78 is 7.42. The molecule has 2 N–H and O–H groups in total. The minimum atomic E-state index is 0.341. The zero-order valence-corrected chi connectivity index (χ0v) is 10.6. The molecular weight excluding hydrogens is 240 g/mol. The molecule has 0 saturated heterocycles. The van der Waals surface area contributed by atoms with Crippen LogP contribution in [-0.2, 0) is 7.05 Å². The van der Waals surface area contributed by atoms with Crippen LogP contribution in [-0.4, -0.2) is 14.8 Å². The minimum absolute atomic E-state index is 0.341. The second-order valence-electron chi connectivity index (χ2n) is 3.77. The number of hydrogen-bond acceptors (Lipinski definition) is 4. The fraction of sp³-hybridized carbons (Fsp3) is 0.273. The van der Waals surface area contributed by atoms with E-state index in [1.165, 1.54) is 6.20 Å². The number of aromatic nitrogens is 3. The fourth-order valence-electron chi connectivity index (χ4n) is 1.53. The lowest BCUT2D eigenvalue weighted by Crippen LogP contribution is -1.97. The smallest absolute Gasteiger partial charge is 0.242 e. The van der Waals surface area contributed by atoms with Gasteiger partial charge in [0.1, 0.15) is 5.69 Å². The van der Waals surface area contributed by atoms with E-state index in [2.05, 4.69) is 10.1 Å². The van der Waals surface area contributed by atoms with E-state index >= 15 is 0 Å². The average Bonchev–Trinajstić information content (AvgIpc) is 2.48. The lowest BCUT2D eigenvalue weighted by molar-refractivity contribution is 0.458. The van der Waals surface area contributed by atoms with Crippen LogP contribution in [0.25, 0.3) is 0 Å². The van der Waals surface area contributed by atoms with E-state index in [1.54, 1.807) is 10.7 Å². The normalized spacial score (nSPS) is 10.6. The average molecular weight is 253 g/mol. The van der Waals surface area contributed by atoms with Crippen molar-refractivity contribution in [2.45, 2.75) is 13.8 Å². The topological polar surface area (TPSA) is 66.0 Å². The van der Waals surface area contributed by atoms with Gasteiger partial charge in [-0.3, -0.25) is 4.68 Å². The highest BCUT2D eigenvalue weighted by Gasteiger charge is 2.13. The Bertz CT molecular complexity index is 565. The van der Waals surface area contributed by atoms with Crippen molar-refractivity contribution in [2.24, 2.45) is 7.05 Å². The third-order valence-electron chi connectivity index (χ3n) is 2.49. The predicted molar refractivity (Wildman–Crippen MR) is 66.4 cm³/mol. The zero-order chi connectivity index (χ0) is 12.6. The van der Waals surface area contributed by atoms with Gasteiger partial charge < -0.3 is 10.5 Å². The summed E-state index contributed by atoms with van der Waals surface area (Å²) in [5.74, 6) is 1.02. The van der Waals surface area contributed by atoms with Crippen molar-refractivity contribution in [3.8, 4) is 11.6 Å². The highest BCUT2D eigenvalue weighted by Crippen LogP contribution is 2.30. The Morgan fingerprint density at radius 3 is 2.65 bits per heavy atom. The standard InChI is InChI=1S/C11H13ClN4O/c1-6-10(7(2)16(3)15-6)17-11-9(13)4-8(12)5-14-11/h4-5H,13H2,1-3H3. The number of nitrogens with zero attached hydrogens (tertiary/aromatic N) is 3. The largest absolute Gasteiger partial charge is 0.433 e. The monoisotopic (exact) mass is 252 g/mol. The Morgan fingerprint density at radius 2 is 2.12 bits per heavy atom. The third kappa shape index (κ3) is 2.19. The Morgan fingerprint density at radius 1 is 1.41 bits per heavy atom. The molecule has 0 atom stereocenters. The zero-order valence-electron chi connectivity index (χ0n) is 9.86. The lowest BCUT2D eigenvalue weighted by atomic mass is 10.3. The second kappa shape index (κ2) is 4.25. The van der Waals surface area contributed by atoms with E-state index < -0.39 is 0 Å². The summed E-state index contributed by atoms with van der Waals surface area (Å²) in [4.78, 5) is 4.05. The number of pyridine rings is 1. The molecule has 2 aromatic rings. The maximum atomic E-state index is 5.78. The number of anilines is 1. The SMILES string of the molecule is Cc1nn(C)c(C)c1Oc1ncc(Cl)cc1N. The van der Waals surface area contributed by atoms with E-state index in [4.69, 9.17) is 22.1 Å². The molecule has 0 amide bonds. The molecule has 2 heterocycles. The van der Waals surface area contributed by atoms with Crippen LogP contribution >= 0.6 is 11.6 Å². The summed E-state index contributed by atoms with van der Waals surface area (Å²) in [6, 6.07) is 1.60. The molecule has 0 aromatic carbocycles. The van der Waals surface area contributed by atoms with Crippen molar-refractivity contribution >= 4 is 17.3 Å². The molecule has 0 saturated carbocycles. The van der Waals surface area contributed by atoms with E-state index in [-0.39, 0.29) is 0 Å². The summed E-state index contributed by atoms with van der Waals surface area (Å²) >= 11 is 5.77. The Hall–Kier alpha value is -1.75. The van der Waals surface area contributed by atoms with Crippen molar-refractivity contribution in [3.63, 3.8) is 0 Å². The van der Waals surface area contributed by atoms with Crippen molar-refractivity contribution < 1.29 is 4.74 Å². The van der Waals surface area contributed by atoms with Gasteiger partial charge in [0.05, 0.1) is 16.4 Å².